The van der Waals surface area contributed by atoms with Gasteiger partial charge in [-0.2, -0.15) is 5.10 Å². The van der Waals surface area contributed by atoms with Crippen LogP contribution >= 0.6 is 0 Å². The molecule has 3 aromatic rings. The summed E-state index contributed by atoms with van der Waals surface area (Å²) in [5.74, 6) is 1.06. The van der Waals surface area contributed by atoms with Gasteiger partial charge in [0.25, 0.3) is 11.9 Å². The lowest BCUT2D eigenvalue weighted by Crippen LogP contribution is -2.35. The molecule has 0 radical (unpaired) electrons. The molecule has 3 heterocycles. The molecule has 0 spiro atoms. The van der Waals surface area contributed by atoms with E-state index in [9.17, 15) is 4.79 Å². The molecule has 7 nitrogen and oxygen atoms in total. The Labute approximate surface area is 157 Å². The Bertz CT molecular complexity index is 994. The normalized spacial score (nSPS) is 15.7. The molecule has 0 aliphatic carbocycles. The van der Waals surface area contributed by atoms with Crippen molar-refractivity contribution in [1.82, 2.24) is 19.7 Å². The number of ether oxygens (including phenoxy) is 1. The van der Waals surface area contributed by atoms with E-state index in [4.69, 9.17) is 4.74 Å². The van der Waals surface area contributed by atoms with Gasteiger partial charge in [0.15, 0.2) is 6.10 Å². The van der Waals surface area contributed by atoms with E-state index in [1.165, 1.54) is 0 Å². The van der Waals surface area contributed by atoms with E-state index >= 15 is 0 Å². The highest BCUT2D eigenvalue weighted by atomic mass is 16.5. The number of aryl methyl sites for hydroxylation is 2. The molecule has 0 saturated heterocycles. The summed E-state index contributed by atoms with van der Waals surface area (Å²) < 4.78 is 7.53. The third kappa shape index (κ3) is 3.28. The summed E-state index contributed by atoms with van der Waals surface area (Å²) in [6.07, 6.45) is 4.12. The third-order valence-electron chi connectivity index (χ3n) is 4.96. The minimum atomic E-state index is -0.516. The van der Waals surface area contributed by atoms with Crippen molar-refractivity contribution in [2.24, 2.45) is 0 Å². The molecule has 0 bridgehead atoms. The smallest absolute Gasteiger partial charge is 0.265 e. The predicted molar refractivity (Wildman–Crippen MR) is 101 cm³/mol. The van der Waals surface area contributed by atoms with Crippen molar-refractivity contribution in [3.8, 4) is 11.7 Å². The third-order valence-corrected chi connectivity index (χ3v) is 4.96. The van der Waals surface area contributed by atoms with Crippen LogP contribution in [-0.4, -0.2) is 31.8 Å². The number of amides is 1. The number of para-hydroxylation sites is 1. The van der Waals surface area contributed by atoms with Crippen LogP contribution in [0.4, 0.5) is 5.69 Å². The van der Waals surface area contributed by atoms with Gasteiger partial charge in [0, 0.05) is 5.69 Å². The van der Waals surface area contributed by atoms with Crippen LogP contribution in [-0.2, 0) is 11.2 Å². The number of hydrogen-bond donors (Lipinski definition) is 1. The molecule has 7 heteroatoms. The summed E-state index contributed by atoms with van der Waals surface area (Å²) in [6, 6.07) is 7.80. The Morgan fingerprint density at radius 3 is 2.63 bits per heavy atom. The minimum absolute atomic E-state index is 0.192. The highest BCUT2D eigenvalue weighted by Crippen LogP contribution is 2.27. The summed E-state index contributed by atoms with van der Waals surface area (Å²) in [6.45, 7) is 5.95. The Hall–Kier alpha value is -3.22. The van der Waals surface area contributed by atoms with Crippen LogP contribution in [0.15, 0.2) is 36.7 Å². The molecule has 1 aliphatic rings. The van der Waals surface area contributed by atoms with Crippen LogP contribution in [0.3, 0.4) is 0 Å². The molecule has 1 N–H and O–H groups in total. The van der Waals surface area contributed by atoms with Gasteiger partial charge in [-0.15, -0.1) is 0 Å². The summed E-state index contributed by atoms with van der Waals surface area (Å²) in [5.41, 5.74) is 4.73. The van der Waals surface area contributed by atoms with Crippen molar-refractivity contribution < 1.29 is 9.53 Å². The summed E-state index contributed by atoms with van der Waals surface area (Å²) in [7, 11) is 0. The molecule has 1 aromatic carbocycles. The second-order valence-corrected chi connectivity index (χ2v) is 6.72. The number of rotatable bonds is 3. The van der Waals surface area contributed by atoms with Crippen LogP contribution in [0.25, 0.3) is 5.95 Å². The zero-order chi connectivity index (χ0) is 19.0. The van der Waals surface area contributed by atoms with Gasteiger partial charge in [-0.3, -0.25) is 4.79 Å². The first-order valence-corrected chi connectivity index (χ1v) is 8.93. The number of fused-ring (bicyclic) bond motifs is 1. The van der Waals surface area contributed by atoms with E-state index in [0.29, 0.717) is 18.1 Å². The zero-order valence-corrected chi connectivity index (χ0v) is 15.6. The molecular formula is C20H21N5O2. The molecule has 27 heavy (non-hydrogen) atoms. The number of carbonyl (C=O) groups excluding carboxylic acids is 1. The topological polar surface area (TPSA) is 81.9 Å². The fourth-order valence-electron chi connectivity index (χ4n) is 3.14. The van der Waals surface area contributed by atoms with Crippen molar-refractivity contribution in [2.75, 3.05) is 5.32 Å². The standard InChI is InChI=1S/C20H21N5O2/c1-12-13(2)24-25(14(12)3)20-21-10-16(11-22-20)23-19(26)18-9-8-15-6-4-5-7-17(15)27-18/h4-7,10-11,18H,8-9H2,1-3H3,(H,23,26). The van der Waals surface area contributed by atoms with Crippen molar-refractivity contribution in [1.29, 1.82) is 0 Å². The van der Waals surface area contributed by atoms with E-state index in [2.05, 4.69) is 20.4 Å². The first-order chi connectivity index (χ1) is 13.0. The number of benzene rings is 1. The SMILES string of the molecule is Cc1nn(-c2ncc(NC(=O)C3CCc4ccccc4O3)cn2)c(C)c1C. The van der Waals surface area contributed by atoms with E-state index < -0.39 is 6.10 Å². The fourth-order valence-corrected chi connectivity index (χ4v) is 3.14. The van der Waals surface area contributed by atoms with Gasteiger partial charge in [0.05, 0.1) is 23.8 Å². The number of carbonyl (C=O) groups is 1. The molecule has 2 aromatic heterocycles. The average molecular weight is 363 g/mol. The monoisotopic (exact) mass is 363 g/mol. The van der Waals surface area contributed by atoms with E-state index in [1.54, 1.807) is 17.1 Å². The first kappa shape index (κ1) is 17.2. The number of aromatic nitrogens is 4. The molecule has 0 saturated carbocycles. The maximum absolute atomic E-state index is 12.5. The van der Waals surface area contributed by atoms with E-state index in [1.807, 2.05) is 45.0 Å². The Morgan fingerprint density at radius 2 is 1.93 bits per heavy atom. The van der Waals surface area contributed by atoms with Gasteiger partial charge >= 0.3 is 0 Å². The van der Waals surface area contributed by atoms with Crippen LogP contribution in [0, 0.1) is 20.8 Å². The highest BCUT2D eigenvalue weighted by molar-refractivity contribution is 5.94. The quantitative estimate of drug-likeness (QED) is 0.774. The van der Waals surface area contributed by atoms with Crippen LogP contribution in [0.2, 0.25) is 0 Å². The van der Waals surface area contributed by atoms with Crippen molar-refractivity contribution in [3.63, 3.8) is 0 Å². The molecule has 1 unspecified atom stereocenters. The largest absolute Gasteiger partial charge is 0.480 e. The lowest BCUT2D eigenvalue weighted by atomic mass is 10.0. The summed E-state index contributed by atoms with van der Waals surface area (Å²) in [5, 5.41) is 7.28. The van der Waals surface area contributed by atoms with Crippen LogP contribution in [0.5, 0.6) is 5.75 Å². The van der Waals surface area contributed by atoms with Crippen LogP contribution < -0.4 is 10.1 Å². The number of nitrogens with zero attached hydrogens (tertiary/aromatic N) is 4. The van der Waals surface area contributed by atoms with Gasteiger partial charge in [-0.1, -0.05) is 18.2 Å². The molecule has 1 atom stereocenters. The van der Waals surface area contributed by atoms with Gasteiger partial charge in [0.1, 0.15) is 5.75 Å². The van der Waals surface area contributed by atoms with Crippen molar-refractivity contribution in [3.05, 3.63) is 59.2 Å². The lowest BCUT2D eigenvalue weighted by Gasteiger charge is -2.25. The molecule has 138 valence electrons. The lowest BCUT2D eigenvalue weighted by molar-refractivity contribution is -0.123. The molecule has 1 aliphatic heterocycles. The molecule has 1 amide bonds. The van der Waals surface area contributed by atoms with Crippen molar-refractivity contribution >= 4 is 11.6 Å². The number of nitrogens with one attached hydrogen (secondary N) is 1. The second-order valence-electron chi connectivity index (χ2n) is 6.72. The van der Waals surface area contributed by atoms with Gasteiger partial charge in [-0.25, -0.2) is 14.6 Å². The van der Waals surface area contributed by atoms with E-state index in [-0.39, 0.29) is 5.91 Å². The fraction of sp³-hybridized carbons (Fsp3) is 0.300. The molecule has 0 fully saturated rings. The summed E-state index contributed by atoms with van der Waals surface area (Å²) in [4.78, 5) is 21.2. The first-order valence-electron chi connectivity index (χ1n) is 8.93. The minimum Gasteiger partial charge on any atom is -0.480 e. The maximum atomic E-state index is 12.5. The van der Waals surface area contributed by atoms with Gasteiger partial charge < -0.3 is 10.1 Å². The molecule has 4 rings (SSSR count). The molecular weight excluding hydrogens is 342 g/mol. The number of anilines is 1. The highest BCUT2D eigenvalue weighted by Gasteiger charge is 2.26. The maximum Gasteiger partial charge on any atom is 0.265 e. The average Bonchev–Trinajstić information content (AvgIpc) is 2.95. The zero-order valence-electron chi connectivity index (χ0n) is 15.6. The van der Waals surface area contributed by atoms with Gasteiger partial charge in [-0.05, 0) is 50.8 Å². The Morgan fingerprint density at radius 1 is 1.19 bits per heavy atom. The Balaban J connectivity index is 1.46. The second kappa shape index (κ2) is 6.83. The predicted octanol–water partition coefficient (Wildman–Crippen LogP) is 2.92. The van der Waals surface area contributed by atoms with E-state index in [0.717, 1.165) is 34.7 Å². The Kier molecular flexibility index (Phi) is 4.35. The number of hydrogen-bond acceptors (Lipinski definition) is 5. The van der Waals surface area contributed by atoms with Crippen LogP contribution in [0.1, 0.15) is 28.9 Å². The van der Waals surface area contributed by atoms with Crippen molar-refractivity contribution in [2.45, 2.75) is 39.7 Å². The van der Waals surface area contributed by atoms with Gasteiger partial charge in [0.2, 0.25) is 0 Å². The summed E-state index contributed by atoms with van der Waals surface area (Å²) >= 11 is 0.